The fourth-order valence-corrected chi connectivity index (χ4v) is 1.73. The van der Waals surface area contributed by atoms with Crippen molar-refractivity contribution in [3.63, 3.8) is 0 Å². The normalized spacial score (nSPS) is 10.5. The molecular weight excluding hydrogens is 266 g/mol. The molecule has 0 atom stereocenters. The maximum atomic E-state index is 11.8. The highest BCUT2D eigenvalue weighted by atomic mass is 16.4. The molecule has 0 bridgehead atoms. The van der Waals surface area contributed by atoms with Gasteiger partial charge in [0, 0.05) is 11.8 Å². The topological polar surface area (TPSA) is 66.4 Å². The minimum atomic E-state index is -0.993. The first-order valence-corrected chi connectivity index (χ1v) is 6.44. The second kappa shape index (κ2) is 6.52. The van der Waals surface area contributed by atoms with E-state index in [0.29, 0.717) is 5.69 Å². The van der Waals surface area contributed by atoms with Crippen molar-refractivity contribution in [1.82, 2.24) is 0 Å². The number of aromatic carboxylic acids is 1. The molecule has 4 heteroatoms. The van der Waals surface area contributed by atoms with Crippen LogP contribution in [-0.2, 0) is 4.79 Å². The maximum absolute atomic E-state index is 11.8. The SMILES string of the molecule is Cc1ccc(/C=C/C(=O)Nc2ccc(C(=O)O)cc2)cc1. The molecule has 0 aliphatic carbocycles. The van der Waals surface area contributed by atoms with Crippen LogP contribution in [0, 0.1) is 6.92 Å². The fraction of sp³-hybridized carbons (Fsp3) is 0.0588. The number of hydrogen-bond donors (Lipinski definition) is 2. The van der Waals surface area contributed by atoms with E-state index in [-0.39, 0.29) is 11.5 Å². The molecule has 0 saturated carbocycles. The molecular formula is C17H15NO3. The van der Waals surface area contributed by atoms with E-state index < -0.39 is 5.97 Å². The summed E-state index contributed by atoms with van der Waals surface area (Å²) >= 11 is 0. The zero-order valence-electron chi connectivity index (χ0n) is 11.5. The summed E-state index contributed by atoms with van der Waals surface area (Å²) in [5, 5.41) is 11.5. The zero-order valence-corrected chi connectivity index (χ0v) is 11.5. The molecule has 0 aliphatic rings. The molecule has 2 N–H and O–H groups in total. The van der Waals surface area contributed by atoms with Gasteiger partial charge in [0.05, 0.1) is 5.56 Å². The molecule has 106 valence electrons. The molecule has 2 aromatic rings. The van der Waals surface area contributed by atoms with E-state index in [9.17, 15) is 9.59 Å². The van der Waals surface area contributed by atoms with Crippen LogP contribution in [0.1, 0.15) is 21.5 Å². The van der Waals surface area contributed by atoms with Crippen LogP contribution in [-0.4, -0.2) is 17.0 Å². The van der Waals surface area contributed by atoms with Crippen molar-refractivity contribution in [3.8, 4) is 0 Å². The van der Waals surface area contributed by atoms with Gasteiger partial charge in [-0.05, 0) is 42.8 Å². The van der Waals surface area contributed by atoms with Crippen LogP contribution in [0.3, 0.4) is 0 Å². The Morgan fingerprint density at radius 3 is 2.19 bits per heavy atom. The minimum Gasteiger partial charge on any atom is -0.478 e. The lowest BCUT2D eigenvalue weighted by Crippen LogP contribution is -2.08. The van der Waals surface area contributed by atoms with E-state index >= 15 is 0 Å². The lowest BCUT2D eigenvalue weighted by Gasteiger charge is -2.02. The summed E-state index contributed by atoms with van der Waals surface area (Å²) in [6.45, 7) is 2.00. The van der Waals surface area contributed by atoms with E-state index in [4.69, 9.17) is 5.11 Å². The van der Waals surface area contributed by atoms with Crippen LogP contribution >= 0.6 is 0 Å². The second-order valence-electron chi connectivity index (χ2n) is 4.62. The summed E-state index contributed by atoms with van der Waals surface area (Å²) in [5.74, 6) is -1.26. The number of hydrogen-bond acceptors (Lipinski definition) is 2. The number of rotatable bonds is 4. The van der Waals surface area contributed by atoms with Gasteiger partial charge in [-0.2, -0.15) is 0 Å². The Morgan fingerprint density at radius 1 is 1.00 bits per heavy atom. The third-order valence-electron chi connectivity index (χ3n) is 2.90. The number of aryl methyl sites for hydroxylation is 1. The average molecular weight is 281 g/mol. The van der Waals surface area contributed by atoms with Gasteiger partial charge in [-0.3, -0.25) is 4.79 Å². The van der Waals surface area contributed by atoms with Gasteiger partial charge in [-0.15, -0.1) is 0 Å². The van der Waals surface area contributed by atoms with Crippen LogP contribution in [0.25, 0.3) is 6.08 Å². The van der Waals surface area contributed by atoms with Crippen LogP contribution in [0.4, 0.5) is 5.69 Å². The lowest BCUT2D eigenvalue weighted by atomic mass is 10.1. The molecule has 0 fully saturated rings. The Hall–Kier alpha value is -2.88. The van der Waals surface area contributed by atoms with Crippen molar-refractivity contribution in [2.24, 2.45) is 0 Å². The Bertz CT molecular complexity index is 670. The summed E-state index contributed by atoms with van der Waals surface area (Å²) in [4.78, 5) is 22.5. The van der Waals surface area contributed by atoms with Gasteiger partial charge < -0.3 is 10.4 Å². The number of carboxylic acids is 1. The van der Waals surface area contributed by atoms with Crippen molar-refractivity contribution in [2.45, 2.75) is 6.92 Å². The van der Waals surface area contributed by atoms with Crippen molar-refractivity contribution in [1.29, 1.82) is 0 Å². The molecule has 0 aromatic heterocycles. The zero-order chi connectivity index (χ0) is 15.2. The molecule has 2 rings (SSSR count). The quantitative estimate of drug-likeness (QED) is 0.845. The van der Waals surface area contributed by atoms with Crippen LogP contribution in [0.15, 0.2) is 54.6 Å². The minimum absolute atomic E-state index is 0.184. The third kappa shape index (κ3) is 4.31. The Labute approximate surface area is 122 Å². The molecule has 21 heavy (non-hydrogen) atoms. The number of anilines is 1. The average Bonchev–Trinajstić information content (AvgIpc) is 2.47. The molecule has 0 saturated heterocycles. The highest BCUT2D eigenvalue weighted by molar-refractivity contribution is 6.02. The summed E-state index contributed by atoms with van der Waals surface area (Å²) < 4.78 is 0. The summed E-state index contributed by atoms with van der Waals surface area (Å²) in [5.41, 5.74) is 2.84. The standard InChI is InChI=1S/C17H15NO3/c1-12-2-4-13(5-3-12)6-11-16(19)18-15-9-7-14(8-10-15)17(20)21/h2-11H,1H3,(H,18,19)(H,20,21)/b11-6+. The Balaban J connectivity index is 1.98. The highest BCUT2D eigenvalue weighted by Gasteiger charge is 2.02. The van der Waals surface area contributed by atoms with E-state index in [2.05, 4.69) is 5.32 Å². The molecule has 0 unspecified atom stereocenters. The first kappa shape index (κ1) is 14.5. The number of nitrogens with one attached hydrogen (secondary N) is 1. The number of benzene rings is 2. The number of carbonyl (C=O) groups is 2. The van der Waals surface area contributed by atoms with Gasteiger partial charge in [0.15, 0.2) is 0 Å². The highest BCUT2D eigenvalue weighted by Crippen LogP contribution is 2.10. The van der Waals surface area contributed by atoms with E-state index in [0.717, 1.165) is 11.1 Å². The third-order valence-corrected chi connectivity index (χ3v) is 2.90. The molecule has 4 nitrogen and oxygen atoms in total. The van der Waals surface area contributed by atoms with Gasteiger partial charge in [-0.25, -0.2) is 4.79 Å². The van der Waals surface area contributed by atoms with Crippen molar-refractivity contribution in [3.05, 3.63) is 71.3 Å². The summed E-state index contributed by atoms with van der Waals surface area (Å²) in [7, 11) is 0. The Morgan fingerprint density at radius 2 is 1.62 bits per heavy atom. The first-order chi connectivity index (χ1) is 10.0. The van der Waals surface area contributed by atoms with E-state index in [1.807, 2.05) is 31.2 Å². The van der Waals surface area contributed by atoms with Crippen LogP contribution < -0.4 is 5.32 Å². The lowest BCUT2D eigenvalue weighted by molar-refractivity contribution is -0.111. The van der Waals surface area contributed by atoms with E-state index in [1.165, 1.54) is 18.2 Å². The smallest absolute Gasteiger partial charge is 0.335 e. The first-order valence-electron chi connectivity index (χ1n) is 6.44. The predicted molar refractivity (Wildman–Crippen MR) is 82.2 cm³/mol. The fourth-order valence-electron chi connectivity index (χ4n) is 1.73. The largest absolute Gasteiger partial charge is 0.478 e. The second-order valence-corrected chi connectivity index (χ2v) is 4.62. The van der Waals surface area contributed by atoms with E-state index in [1.54, 1.807) is 18.2 Å². The van der Waals surface area contributed by atoms with Gasteiger partial charge in [0.2, 0.25) is 5.91 Å². The van der Waals surface area contributed by atoms with Crippen LogP contribution in [0.5, 0.6) is 0 Å². The predicted octanol–water partition coefficient (Wildman–Crippen LogP) is 3.35. The van der Waals surface area contributed by atoms with Gasteiger partial charge >= 0.3 is 5.97 Å². The molecule has 0 radical (unpaired) electrons. The van der Waals surface area contributed by atoms with Crippen molar-refractivity contribution < 1.29 is 14.7 Å². The van der Waals surface area contributed by atoms with Crippen molar-refractivity contribution in [2.75, 3.05) is 5.32 Å². The van der Waals surface area contributed by atoms with Crippen molar-refractivity contribution >= 4 is 23.6 Å². The number of carbonyl (C=O) groups excluding carboxylic acids is 1. The molecule has 0 aliphatic heterocycles. The molecule has 0 spiro atoms. The monoisotopic (exact) mass is 281 g/mol. The van der Waals surface area contributed by atoms with Gasteiger partial charge in [-0.1, -0.05) is 29.8 Å². The summed E-state index contributed by atoms with van der Waals surface area (Å²) in [6.07, 6.45) is 3.16. The summed E-state index contributed by atoms with van der Waals surface area (Å²) in [6, 6.07) is 13.8. The molecule has 2 aromatic carbocycles. The molecule has 1 amide bonds. The number of amides is 1. The maximum Gasteiger partial charge on any atom is 0.335 e. The number of carboxylic acid groups (broad SMARTS) is 1. The molecule has 0 heterocycles. The van der Waals surface area contributed by atoms with Gasteiger partial charge in [0.1, 0.15) is 0 Å². The van der Waals surface area contributed by atoms with Gasteiger partial charge in [0.25, 0.3) is 0 Å². The van der Waals surface area contributed by atoms with Crippen LogP contribution in [0.2, 0.25) is 0 Å². The Kier molecular flexibility index (Phi) is 4.51.